The summed E-state index contributed by atoms with van der Waals surface area (Å²) in [5, 5.41) is 4.14. The number of halogens is 2. The van der Waals surface area contributed by atoms with Crippen molar-refractivity contribution in [1.82, 2.24) is 15.2 Å². The second-order valence-corrected chi connectivity index (χ2v) is 4.85. The van der Waals surface area contributed by atoms with Crippen LogP contribution in [0.1, 0.15) is 17.3 Å². The van der Waals surface area contributed by atoms with E-state index >= 15 is 0 Å². The molecule has 3 N–H and O–H groups in total. The standard InChI is InChI=1S/C12H14BrFN4O/c1-18-12(8(13)6-16-18)11(17-15)7-3-4-9(14)10(5-7)19-2/h3-6,11,17H,15H2,1-2H3. The first-order valence-electron chi connectivity index (χ1n) is 5.55. The number of hydrogen-bond acceptors (Lipinski definition) is 4. The summed E-state index contributed by atoms with van der Waals surface area (Å²) in [5.74, 6) is 5.38. The molecule has 0 saturated carbocycles. The number of methoxy groups -OCH3 is 1. The molecule has 7 heteroatoms. The van der Waals surface area contributed by atoms with E-state index in [-0.39, 0.29) is 11.8 Å². The lowest BCUT2D eigenvalue weighted by molar-refractivity contribution is 0.385. The van der Waals surface area contributed by atoms with Crippen molar-refractivity contribution < 1.29 is 9.13 Å². The third-order valence-corrected chi connectivity index (χ3v) is 3.50. The van der Waals surface area contributed by atoms with Crippen LogP contribution in [0.5, 0.6) is 5.75 Å². The Morgan fingerprint density at radius 2 is 2.26 bits per heavy atom. The molecule has 0 radical (unpaired) electrons. The predicted molar refractivity (Wildman–Crippen MR) is 73.0 cm³/mol. The highest BCUT2D eigenvalue weighted by Crippen LogP contribution is 2.30. The van der Waals surface area contributed by atoms with Crippen molar-refractivity contribution in [1.29, 1.82) is 0 Å². The largest absolute Gasteiger partial charge is 0.494 e. The van der Waals surface area contributed by atoms with Gasteiger partial charge in [0.2, 0.25) is 0 Å². The Morgan fingerprint density at radius 1 is 1.53 bits per heavy atom. The Morgan fingerprint density at radius 3 is 2.79 bits per heavy atom. The molecule has 2 aromatic rings. The summed E-state index contributed by atoms with van der Waals surface area (Å²) in [6, 6.07) is 4.29. The van der Waals surface area contributed by atoms with E-state index in [1.165, 1.54) is 13.2 Å². The van der Waals surface area contributed by atoms with Crippen LogP contribution in [0.25, 0.3) is 0 Å². The maximum Gasteiger partial charge on any atom is 0.165 e. The lowest BCUT2D eigenvalue weighted by Crippen LogP contribution is -2.30. The normalized spacial score (nSPS) is 12.5. The van der Waals surface area contributed by atoms with Gasteiger partial charge in [0.05, 0.1) is 29.5 Å². The van der Waals surface area contributed by atoms with Crippen molar-refractivity contribution in [3.05, 3.63) is 45.9 Å². The Balaban J connectivity index is 2.48. The Kier molecular flexibility index (Phi) is 4.18. The van der Waals surface area contributed by atoms with Crippen molar-refractivity contribution >= 4 is 15.9 Å². The minimum atomic E-state index is -0.411. The molecule has 5 nitrogen and oxygen atoms in total. The van der Waals surface area contributed by atoms with Gasteiger partial charge in [-0.3, -0.25) is 10.5 Å². The second kappa shape index (κ2) is 5.68. The van der Waals surface area contributed by atoms with Crippen molar-refractivity contribution in [3.8, 4) is 5.75 Å². The molecule has 19 heavy (non-hydrogen) atoms. The highest BCUT2D eigenvalue weighted by molar-refractivity contribution is 9.10. The maximum atomic E-state index is 13.4. The summed E-state index contributed by atoms with van der Waals surface area (Å²) < 4.78 is 20.9. The molecule has 102 valence electrons. The van der Waals surface area contributed by atoms with Crippen molar-refractivity contribution in [2.75, 3.05) is 7.11 Å². The number of nitrogens with one attached hydrogen (secondary N) is 1. The quantitative estimate of drug-likeness (QED) is 0.664. The lowest BCUT2D eigenvalue weighted by Gasteiger charge is -2.18. The van der Waals surface area contributed by atoms with Gasteiger partial charge in [-0.05, 0) is 33.6 Å². The van der Waals surface area contributed by atoms with Crippen molar-refractivity contribution in [2.24, 2.45) is 12.9 Å². The van der Waals surface area contributed by atoms with E-state index < -0.39 is 5.82 Å². The molecule has 1 heterocycles. The van der Waals surface area contributed by atoms with E-state index in [0.717, 1.165) is 15.7 Å². The minimum Gasteiger partial charge on any atom is -0.494 e. The van der Waals surface area contributed by atoms with E-state index in [9.17, 15) is 4.39 Å². The van der Waals surface area contributed by atoms with E-state index in [1.807, 2.05) is 7.05 Å². The van der Waals surface area contributed by atoms with E-state index in [4.69, 9.17) is 10.6 Å². The van der Waals surface area contributed by atoms with Gasteiger partial charge < -0.3 is 4.74 Å². The Bertz CT molecular complexity index is 568. The predicted octanol–water partition coefficient (Wildman–Crippen LogP) is 1.88. The summed E-state index contributed by atoms with van der Waals surface area (Å²) in [5.41, 5.74) is 4.33. The molecule has 1 atom stereocenters. The van der Waals surface area contributed by atoms with Crippen molar-refractivity contribution in [2.45, 2.75) is 6.04 Å². The van der Waals surface area contributed by atoms with Gasteiger partial charge >= 0.3 is 0 Å². The highest BCUT2D eigenvalue weighted by Gasteiger charge is 2.20. The fourth-order valence-corrected chi connectivity index (χ4v) is 2.51. The van der Waals surface area contributed by atoms with E-state index in [2.05, 4.69) is 26.5 Å². The van der Waals surface area contributed by atoms with Gasteiger partial charge in [-0.1, -0.05) is 6.07 Å². The molecule has 0 saturated heterocycles. The van der Waals surface area contributed by atoms with E-state index in [1.54, 1.807) is 23.0 Å². The molecule has 1 unspecified atom stereocenters. The molecule has 0 spiro atoms. The zero-order valence-corrected chi connectivity index (χ0v) is 12.1. The average Bonchev–Trinajstić information content (AvgIpc) is 2.73. The molecule has 0 aliphatic heterocycles. The van der Waals surface area contributed by atoms with Crippen LogP contribution in [-0.2, 0) is 7.05 Å². The molecule has 1 aromatic carbocycles. The SMILES string of the molecule is COc1cc(C(NN)c2c(Br)cnn2C)ccc1F. The van der Waals surface area contributed by atoms with Crippen LogP contribution in [0.15, 0.2) is 28.9 Å². The molecule has 0 fully saturated rings. The second-order valence-electron chi connectivity index (χ2n) is 4.00. The number of rotatable bonds is 4. The number of aryl methyl sites for hydroxylation is 1. The Hall–Kier alpha value is -1.44. The molecule has 1 aromatic heterocycles. The molecule has 0 bridgehead atoms. The number of aromatic nitrogens is 2. The monoisotopic (exact) mass is 328 g/mol. The van der Waals surface area contributed by atoms with Crippen molar-refractivity contribution in [3.63, 3.8) is 0 Å². The van der Waals surface area contributed by atoms with Crippen LogP contribution < -0.4 is 16.0 Å². The van der Waals surface area contributed by atoms with E-state index in [0.29, 0.717) is 0 Å². The van der Waals surface area contributed by atoms with Crippen LogP contribution >= 0.6 is 15.9 Å². The summed E-state index contributed by atoms with van der Waals surface area (Å²) in [7, 11) is 3.23. The number of hydrazine groups is 1. The van der Waals surface area contributed by atoms with Gasteiger partial charge in [0, 0.05) is 7.05 Å². The van der Waals surface area contributed by atoms with Gasteiger partial charge in [-0.25, -0.2) is 9.82 Å². The van der Waals surface area contributed by atoms with Crippen LogP contribution in [0.4, 0.5) is 4.39 Å². The molecule has 0 aliphatic rings. The fraction of sp³-hybridized carbons (Fsp3) is 0.250. The molecular formula is C12H14BrFN4O. The smallest absolute Gasteiger partial charge is 0.165 e. The zero-order valence-electron chi connectivity index (χ0n) is 10.5. The first-order valence-corrected chi connectivity index (χ1v) is 6.34. The summed E-state index contributed by atoms with van der Waals surface area (Å²) in [4.78, 5) is 0. The van der Waals surface area contributed by atoms with Gasteiger partial charge in [0.25, 0.3) is 0 Å². The van der Waals surface area contributed by atoms with Crippen LogP contribution in [0.3, 0.4) is 0 Å². The molecule has 2 rings (SSSR count). The minimum absolute atomic E-state index is 0.177. The first kappa shape index (κ1) is 14.0. The van der Waals surface area contributed by atoms with Crippen LogP contribution in [-0.4, -0.2) is 16.9 Å². The summed E-state index contributed by atoms with van der Waals surface area (Å²) >= 11 is 3.42. The molecule has 0 amide bonds. The van der Waals surface area contributed by atoms with Crippen LogP contribution in [0.2, 0.25) is 0 Å². The van der Waals surface area contributed by atoms with Gasteiger partial charge in [-0.2, -0.15) is 5.10 Å². The van der Waals surface area contributed by atoms with Crippen LogP contribution in [0, 0.1) is 5.82 Å². The third kappa shape index (κ3) is 2.63. The Labute approximate surface area is 118 Å². The first-order chi connectivity index (χ1) is 9.08. The number of nitrogens with two attached hydrogens (primary N) is 1. The third-order valence-electron chi connectivity index (χ3n) is 2.89. The number of benzene rings is 1. The lowest BCUT2D eigenvalue weighted by atomic mass is 10.0. The zero-order chi connectivity index (χ0) is 14.0. The number of ether oxygens (including phenoxy) is 1. The maximum absolute atomic E-state index is 13.4. The number of hydrogen-bond donors (Lipinski definition) is 2. The molecule has 0 aliphatic carbocycles. The highest BCUT2D eigenvalue weighted by atomic mass is 79.9. The fourth-order valence-electron chi connectivity index (χ4n) is 1.93. The number of nitrogens with zero attached hydrogens (tertiary/aromatic N) is 2. The molecular weight excluding hydrogens is 315 g/mol. The average molecular weight is 329 g/mol. The topological polar surface area (TPSA) is 65.1 Å². The summed E-state index contributed by atoms with van der Waals surface area (Å²) in [6.07, 6.45) is 1.68. The van der Waals surface area contributed by atoms with Gasteiger partial charge in [0.15, 0.2) is 11.6 Å². The van der Waals surface area contributed by atoms with Gasteiger partial charge in [-0.15, -0.1) is 0 Å². The summed E-state index contributed by atoms with van der Waals surface area (Å²) in [6.45, 7) is 0. The van der Waals surface area contributed by atoms with Gasteiger partial charge in [0.1, 0.15) is 0 Å².